The minimum atomic E-state index is -0.355. The van der Waals surface area contributed by atoms with E-state index in [2.05, 4.69) is 22.4 Å². The first-order valence-corrected chi connectivity index (χ1v) is 11.6. The highest BCUT2D eigenvalue weighted by Crippen LogP contribution is 2.32. The first-order valence-electron chi connectivity index (χ1n) is 9.60. The van der Waals surface area contributed by atoms with Crippen LogP contribution < -0.4 is 10.1 Å². The molecule has 0 aliphatic carbocycles. The van der Waals surface area contributed by atoms with Gasteiger partial charge in [-0.25, -0.2) is 0 Å². The van der Waals surface area contributed by atoms with Crippen molar-refractivity contribution in [2.24, 2.45) is 0 Å². The summed E-state index contributed by atoms with van der Waals surface area (Å²) >= 11 is 7.84. The van der Waals surface area contributed by atoms with E-state index in [0.29, 0.717) is 21.0 Å². The number of ether oxygens (including phenoxy) is 1. The number of benzene rings is 1. The molecule has 0 spiro atoms. The van der Waals surface area contributed by atoms with Crippen molar-refractivity contribution in [3.8, 4) is 5.75 Å². The van der Waals surface area contributed by atoms with E-state index in [0.717, 1.165) is 35.6 Å². The Kier molecular flexibility index (Phi) is 7.94. The molecule has 0 unspecified atom stereocenters. The molecule has 0 radical (unpaired) electrons. The number of carbonyl (C=O) groups is 2. The highest BCUT2D eigenvalue weighted by atomic mass is 32.2. The summed E-state index contributed by atoms with van der Waals surface area (Å²) in [6, 6.07) is 7.44. The number of nitrogens with one attached hydrogen (secondary N) is 1. The van der Waals surface area contributed by atoms with Crippen molar-refractivity contribution in [1.29, 1.82) is 0 Å². The number of carbonyl (C=O) groups excluding carboxylic acids is 2. The largest absolute Gasteiger partial charge is 0.494 e. The quantitative estimate of drug-likeness (QED) is 0.443. The number of thiocarbonyl (C=S) groups is 1. The van der Waals surface area contributed by atoms with E-state index in [4.69, 9.17) is 17.0 Å². The van der Waals surface area contributed by atoms with Gasteiger partial charge in [0.15, 0.2) is 0 Å². The summed E-state index contributed by atoms with van der Waals surface area (Å²) in [5.74, 6) is 0.134. The van der Waals surface area contributed by atoms with Gasteiger partial charge in [-0.1, -0.05) is 60.8 Å². The van der Waals surface area contributed by atoms with Crippen LogP contribution in [0.3, 0.4) is 0 Å². The predicted molar refractivity (Wildman–Crippen MR) is 125 cm³/mol. The number of rotatable bonds is 9. The summed E-state index contributed by atoms with van der Waals surface area (Å²) < 4.78 is 5.78. The molecule has 1 N–H and O–H groups in total. The average molecular weight is 463 g/mol. The van der Waals surface area contributed by atoms with Gasteiger partial charge in [-0.15, -0.1) is 10.2 Å². The normalized spacial score (nSPS) is 15.1. The van der Waals surface area contributed by atoms with Crippen molar-refractivity contribution in [3.63, 3.8) is 0 Å². The lowest BCUT2D eigenvalue weighted by atomic mass is 10.2. The summed E-state index contributed by atoms with van der Waals surface area (Å²) in [6.45, 7) is 4.47. The van der Waals surface area contributed by atoms with Crippen molar-refractivity contribution in [1.82, 2.24) is 15.1 Å². The second-order valence-corrected chi connectivity index (χ2v) is 9.16. The van der Waals surface area contributed by atoms with E-state index in [1.165, 1.54) is 28.0 Å². The van der Waals surface area contributed by atoms with Gasteiger partial charge >= 0.3 is 0 Å². The van der Waals surface area contributed by atoms with Crippen LogP contribution in [0.1, 0.15) is 37.3 Å². The molecule has 1 aromatic carbocycles. The second-order valence-electron chi connectivity index (χ2n) is 6.42. The Bertz CT molecular complexity index is 956. The summed E-state index contributed by atoms with van der Waals surface area (Å²) in [5, 5.41) is 12.1. The Balaban J connectivity index is 1.60. The molecule has 0 atom stereocenters. The van der Waals surface area contributed by atoms with Crippen LogP contribution >= 0.6 is 35.3 Å². The van der Waals surface area contributed by atoms with E-state index >= 15 is 0 Å². The number of hydrogen-bond acceptors (Lipinski definition) is 8. The fourth-order valence-corrected chi connectivity index (χ4v) is 4.70. The molecule has 2 amide bonds. The standard InChI is InChI=1S/C20H22N4O3S3/c1-3-5-6-17-22-23-19(30-17)21-16(25)12-24-18(26)15(29-20(24)28)11-13-7-9-14(10-8-13)27-4-2/h7-11H,3-6,12H2,1-2H3,(H,21,23,25)/b15-11-. The summed E-state index contributed by atoms with van der Waals surface area (Å²) in [6.07, 6.45) is 4.70. The zero-order chi connectivity index (χ0) is 21.5. The van der Waals surface area contributed by atoms with Crippen LogP contribution in [0.5, 0.6) is 5.75 Å². The third-order valence-corrected chi connectivity index (χ3v) is 6.40. The van der Waals surface area contributed by atoms with E-state index in [1.807, 2.05) is 31.2 Å². The molecular formula is C20H22N4O3S3. The first kappa shape index (κ1) is 22.4. The molecule has 2 aromatic rings. The molecular weight excluding hydrogens is 440 g/mol. The Morgan fingerprint density at radius 3 is 2.73 bits per heavy atom. The van der Waals surface area contributed by atoms with Crippen LogP contribution in [0, 0.1) is 0 Å². The highest BCUT2D eigenvalue weighted by Gasteiger charge is 2.33. The Hall–Kier alpha value is -2.30. The SMILES string of the molecule is CCCCc1nnc(NC(=O)CN2C(=O)/C(=C/c3ccc(OCC)cc3)SC2=S)s1. The summed E-state index contributed by atoms with van der Waals surface area (Å²) in [4.78, 5) is 26.9. The van der Waals surface area contributed by atoms with Crippen LogP contribution in [-0.4, -0.2) is 44.4 Å². The van der Waals surface area contributed by atoms with Crippen LogP contribution in [0.15, 0.2) is 29.2 Å². The lowest BCUT2D eigenvalue weighted by Gasteiger charge is -2.13. The number of thioether (sulfide) groups is 1. The van der Waals surface area contributed by atoms with Gasteiger partial charge in [0.2, 0.25) is 11.0 Å². The van der Waals surface area contributed by atoms with Crippen molar-refractivity contribution in [3.05, 3.63) is 39.7 Å². The molecule has 1 aliphatic rings. The third-order valence-electron chi connectivity index (χ3n) is 4.12. The lowest BCUT2D eigenvalue weighted by molar-refractivity contribution is -0.126. The molecule has 10 heteroatoms. The molecule has 1 aromatic heterocycles. The number of nitrogens with zero attached hydrogens (tertiary/aromatic N) is 3. The number of hydrogen-bond donors (Lipinski definition) is 1. The molecule has 0 saturated carbocycles. The molecule has 1 aliphatic heterocycles. The number of anilines is 1. The molecule has 30 heavy (non-hydrogen) atoms. The van der Waals surface area contributed by atoms with Crippen molar-refractivity contribution >= 4 is 62.7 Å². The Morgan fingerprint density at radius 1 is 1.27 bits per heavy atom. The number of aryl methyl sites for hydroxylation is 1. The maximum atomic E-state index is 12.7. The zero-order valence-corrected chi connectivity index (χ0v) is 19.2. The van der Waals surface area contributed by atoms with E-state index < -0.39 is 0 Å². The van der Waals surface area contributed by atoms with Gasteiger partial charge in [-0.3, -0.25) is 19.8 Å². The van der Waals surface area contributed by atoms with Gasteiger partial charge in [-0.05, 0) is 37.1 Å². The fourth-order valence-electron chi connectivity index (χ4n) is 2.65. The molecule has 1 saturated heterocycles. The first-order chi connectivity index (χ1) is 14.5. The minimum absolute atomic E-state index is 0.158. The van der Waals surface area contributed by atoms with Gasteiger partial charge in [0.25, 0.3) is 5.91 Å². The smallest absolute Gasteiger partial charge is 0.266 e. The molecule has 7 nitrogen and oxygen atoms in total. The summed E-state index contributed by atoms with van der Waals surface area (Å²) in [5.41, 5.74) is 0.858. The molecule has 158 valence electrons. The Morgan fingerprint density at radius 2 is 2.03 bits per heavy atom. The number of unbranched alkanes of at least 4 members (excludes halogenated alkanes) is 1. The minimum Gasteiger partial charge on any atom is -0.494 e. The lowest BCUT2D eigenvalue weighted by Crippen LogP contribution is -2.36. The molecule has 0 bridgehead atoms. The molecule has 1 fully saturated rings. The topological polar surface area (TPSA) is 84.4 Å². The van der Waals surface area contributed by atoms with Crippen molar-refractivity contribution in [2.45, 2.75) is 33.1 Å². The maximum absolute atomic E-state index is 12.7. The fraction of sp³-hybridized carbons (Fsp3) is 0.350. The predicted octanol–water partition coefficient (Wildman–Crippen LogP) is 4.12. The van der Waals surface area contributed by atoms with E-state index in [-0.39, 0.29) is 18.4 Å². The maximum Gasteiger partial charge on any atom is 0.266 e. The van der Waals surface area contributed by atoms with Gasteiger partial charge in [-0.2, -0.15) is 0 Å². The van der Waals surface area contributed by atoms with Gasteiger partial charge < -0.3 is 4.74 Å². The van der Waals surface area contributed by atoms with Crippen LogP contribution in [-0.2, 0) is 16.0 Å². The number of amides is 2. The third kappa shape index (κ3) is 5.87. The van der Waals surface area contributed by atoms with Crippen LogP contribution in [0.4, 0.5) is 5.13 Å². The molecule has 2 heterocycles. The van der Waals surface area contributed by atoms with Crippen LogP contribution in [0.2, 0.25) is 0 Å². The van der Waals surface area contributed by atoms with Gasteiger partial charge in [0, 0.05) is 6.42 Å². The van der Waals surface area contributed by atoms with Crippen LogP contribution in [0.25, 0.3) is 6.08 Å². The van der Waals surface area contributed by atoms with Gasteiger partial charge in [0.1, 0.15) is 21.6 Å². The summed E-state index contributed by atoms with van der Waals surface area (Å²) in [7, 11) is 0. The highest BCUT2D eigenvalue weighted by molar-refractivity contribution is 8.26. The molecule has 3 rings (SSSR count). The zero-order valence-electron chi connectivity index (χ0n) is 16.7. The Labute approximate surface area is 188 Å². The average Bonchev–Trinajstić information content (AvgIpc) is 3.27. The monoisotopic (exact) mass is 462 g/mol. The number of aromatic nitrogens is 2. The van der Waals surface area contributed by atoms with Crippen molar-refractivity contribution in [2.75, 3.05) is 18.5 Å². The van der Waals surface area contributed by atoms with E-state index in [9.17, 15) is 9.59 Å². The van der Waals surface area contributed by atoms with Crippen molar-refractivity contribution < 1.29 is 14.3 Å². The van der Waals surface area contributed by atoms with E-state index in [1.54, 1.807) is 6.08 Å². The van der Waals surface area contributed by atoms with Gasteiger partial charge in [0.05, 0.1) is 11.5 Å². The second kappa shape index (κ2) is 10.6.